The van der Waals surface area contributed by atoms with Crippen molar-refractivity contribution < 1.29 is 19.4 Å². The Morgan fingerprint density at radius 3 is 2.76 bits per heavy atom. The molecular formula is C11H20N2O4. The molecule has 1 aliphatic rings. The van der Waals surface area contributed by atoms with Crippen molar-refractivity contribution >= 4 is 12.0 Å². The van der Waals surface area contributed by atoms with Crippen LogP contribution in [0.4, 0.5) is 4.79 Å². The minimum absolute atomic E-state index is 0.183. The third kappa shape index (κ3) is 3.59. The van der Waals surface area contributed by atoms with Crippen molar-refractivity contribution in [1.29, 1.82) is 0 Å². The summed E-state index contributed by atoms with van der Waals surface area (Å²) in [4.78, 5) is 24.3. The molecule has 0 aromatic carbocycles. The van der Waals surface area contributed by atoms with E-state index in [-0.39, 0.29) is 12.1 Å². The average Bonchev–Trinajstić information content (AvgIpc) is 2.66. The number of nitrogens with zero attached hydrogens (tertiary/aromatic N) is 1. The van der Waals surface area contributed by atoms with Gasteiger partial charge >= 0.3 is 12.0 Å². The minimum Gasteiger partial charge on any atom is -0.481 e. The average molecular weight is 244 g/mol. The Balaban J connectivity index is 2.35. The van der Waals surface area contributed by atoms with E-state index in [1.807, 2.05) is 0 Å². The molecule has 2 N–H and O–H groups in total. The van der Waals surface area contributed by atoms with Crippen LogP contribution in [0.5, 0.6) is 0 Å². The molecule has 1 fully saturated rings. The van der Waals surface area contributed by atoms with E-state index in [1.165, 1.54) is 0 Å². The smallest absolute Gasteiger partial charge is 0.317 e. The van der Waals surface area contributed by atoms with E-state index >= 15 is 0 Å². The number of carboxylic acid groups (broad SMARTS) is 1. The van der Waals surface area contributed by atoms with Crippen molar-refractivity contribution in [3.05, 3.63) is 0 Å². The van der Waals surface area contributed by atoms with Gasteiger partial charge in [0.2, 0.25) is 0 Å². The maximum atomic E-state index is 11.8. The van der Waals surface area contributed by atoms with Crippen LogP contribution in [0.15, 0.2) is 0 Å². The zero-order valence-electron chi connectivity index (χ0n) is 10.3. The molecule has 0 spiro atoms. The van der Waals surface area contributed by atoms with Gasteiger partial charge in [0.15, 0.2) is 0 Å². The number of amides is 2. The number of carbonyl (C=O) groups excluding carboxylic acids is 1. The third-order valence-electron chi connectivity index (χ3n) is 3.13. The quantitative estimate of drug-likeness (QED) is 0.691. The number of likely N-dealkylation sites (tertiary alicyclic amines) is 1. The van der Waals surface area contributed by atoms with Crippen LogP contribution in [0.25, 0.3) is 0 Å². The number of hydrogen-bond donors (Lipinski definition) is 2. The predicted octanol–water partition coefficient (Wildman–Crippen LogP) is 0.527. The molecule has 98 valence electrons. The van der Waals surface area contributed by atoms with Gasteiger partial charge in [-0.2, -0.15) is 0 Å². The van der Waals surface area contributed by atoms with Crippen LogP contribution in [-0.4, -0.2) is 54.9 Å². The second-order valence-corrected chi connectivity index (χ2v) is 4.25. The lowest BCUT2D eigenvalue weighted by molar-refractivity contribution is -0.142. The van der Waals surface area contributed by atoms with Crippen LogP contribution in [-0.2, 0) is 9.53 Å². The highest BCUT2D eigenvalue weighted by molar-refractivity contribution is 5.78. The van der Waals surface area contributed by atoms with Gasteiger partial charge in [0.25, 0.3) is 0 Å². The standard InChI is InChI=1S/C11H20N2O4/c1-8-9(10(14)15)4-6-13(8)11(16)12-5-3-7-17-2/h8-9H,3-7H2,1-2H3,(H,12,16)(H,14,15). The highest BCUT2D eigenvalue weighted by atomic mass is 16.5. The number of methoxy groups -OCH3 is 1. The second-order valence-electron chi connectivity index (χ2n) is 4.25. The van der Waals surface area contributed by atoms with Gasteiger partial charge in [0.1, 0.15) is 0 Å². The zero-order valence-corrected chi connectivity index (χ0v) is 10.3. The lowest BCUT2D eigenvalue weighted by Crippen LogP contribution is -2.44. The van der Waals surface area contributed by atoms with Crippen molar-refractivity contribution in [3.63, 3.8) is 0 Å². The predicted molar refractivity (Wildman–Crippen MR) is 61.8 cm³/mol. The van der Waals surface area contributed by atoms with E-state index in [0.717, 1.165) is 6.42 Å². The number of urea groups is 1. The summed E-state index contributed by atoms with van der Waals surface area (Å²) in [6.07, 6.45) is 1.29. The van der Waals surface area contributed by atoms with Gasteiger partial charge < -0.3 is 20.1 Å². The molecule has 1 saturated heterocycles. The fourth-order valence-electron chi connectivity index (χ4n) is 2.07. The molecule has 2 amide bonds. The Labute approximate surface area is 101 Å². The van der Waals surface area contributed by atoms with Crippen LogP contribution in [0.3, 0.4) is 0 Å². The van der Waals surface area contributed by atoms with Gasteiger partial charge in [0, 0.05) is 32.8 Å². The maximum absolute atomic E-state index is 11.8. The van der Waals surface area contributed by atoms with Gasteiger partial charge in [-0.1, -0.05) is 0 Å². The third-order valence-corrected chi connectivity index (χ3v) is 3.13. The summed E-state index contributed by atoms with van der Waals surface area (Å²) in [7, 11) is 1.61. The van der Waals surface area contributed by atoms with Crippen LogP contribution < -0.4 is 5.32 Å². The van der Waals surface area contributed by atoms with Gasteiger partial charge in [0.05, 0.1) is 5.92 Å². The summed E-state index contributed by atoms with van der Waals surface area (Å²) in [6.45, 7) is 3.44. The molecule has 1 heterocycles. The van der Waals surface area contributed by atoms with Crippen molar-refractivity contribution in [3.8, 4) is 0 Å². The highest BCUT2D eigenvalue weighted by Gasteiger charge is 2.37. The molecule has 6 heteroatoms. The van der Waals surface area contributed by atoms with Crippen molar-refractivity contribution in [2.45, 2.75) is 25.8 Å². The van der Waals surface area contributed by atoms with Gasteiger partial charge in [-0.15, -0.1) is 0 Å². The monoisotopic (exact) mass is 244 g/mol. The summed E-state index contributed by atoms with van der Waals surface area (Å²) >= 11 is 0. The Hall–Kier alpha value is -1.30. The Bertz CT molecular complexity index is 283. The largest absolute Gasteiger partial charge is 0.481 e. The first-order valence-corrected chi connectivity index (χ1v) is 5.84. The number of carboxylic acids is 1. The number of nitrogens with one attached hydrogen (secondary N) is 1. The second kappa shape index (κ2) is 6.44. The topological polar surface area (TPSA) is 78.9 Å². The molecule has 0 aromatic rings. The molecule has 2 atom stereocenters. The minimum atomic E-state index is -0.827. The molecule has 17 heavy (non-hydrogen) atoms. The number of rotatable bonds is 5. The molecule has 1 aliphatic heterocycles. The highest BCUT2D eigenvalue weighted by Crippen LogP contribution is 2.24. The first-order valence-electron chi connectivity index (χ1n) is 5.84. The zero-order chi connectivity index (χ0) is 12.8. The summed E-state index contributed by atoms with van der Waals surface area (Å²) in [5.74, 6) is -1.27. The van der Waals surface area contributed by atoms with E-state index in [0.29, 0.717) is 26.1 Å². The number of carbonyl (C=O) groups is 2. The molecular weight excluding hydrogens is 224 g/mol. The molecule has 0 saturated carbocycles. The lowest BCUT2D eigenvalue weighted by atomic mass is 10.0. The molecule has 0 bridgehead atoms. The van der Waals surface area contributed by atoms with E-state index in [1.54, 1.807) is 18.9 Å². The Kier molecular flexibility index (Phi) is 5.21. The van der Waals surface area contributed by atoms with Crippen LogP contribution in [0.1, 0.15) is 19.8 Å². The summed E-state index contributed by atoms with van der Waals surface area (Å²) in [5.41, 5.74) is 0. The summed E-state index contributed by atoms with van der Waals surface area (Å²) in [5, 5.41) is 11.7. The fourth-order valence-corrected chi connectivity index (χ4v) is 2.07. The maximum Gasteiger partial charge on any atom is 0.317 e. The van der Waals surface area contributed by atoms with Crippen LogP contribution in [0.2, 0.25) is 0 Å². The summed E-state index contributed by atoms with van der Waals surface area (Å²) < 4.78 is 4.88. The van der Waals surface area contributed by atoms with Gasteiger partial charge in [-0.05, 0) is 19.8 Å². The van der Waals surface area contributed by atoms with Crippen molar-refractivity contribution in [2.75, 3.05) is 26.8 Å². The van der Waals surface area contributed by atoms with E-state index in [2.05, 4.69) is 5.32 Å². The SMILES string of the molecule is COCCCNC(=O)N1CCC(C(=O)O)C1C. The van der Waals surface area contributed by atoms with Crippen LogP contribution >= 0.6 is 0 Å². The van der Waals surface area contributed by atoms with Gasteiger partial charge in [-0.3, -0.25) is 4.79 Å². The van der Waals surface area contributed by atoms with Crippen molar-refractivity contribution in [1.82, 2.24) is 10.2 Å². The van der Waals surface area contributed by atoms with Crippen molar-refractivity contribution in [2.24, 2.45) is 5.92 Å². The first kappa shape index (κ1) is 13.8. The molecule has 6 nitrogen and oxygen atoms in total. The van der Waals surface area contributed by atoms with E-state index in [4.69, 9.17) is 9.84 Å². The normalized spacial score (nSPS) is 23.8. The Morgan fingerprint density at radius 2 is 2.24 bits per heavy atom. The van der Waals surface area contributed by atoms with Crippen LogP contribution in [0, 0.1) is 5.92 Å². The number of hydrogen-bond acceptors (Lipinski definition) is 3. The fraction of sp³-hybridized carbons (Fsp3) is 0.818. The van der Waals surface area contributed by atoms with E-state index < -0.39 is 11.9 Å². The first-order chi connectivity index (χ1) is 8.07. The molecule has 0 aliphatic carbocycles. The molecule has 0 radical (unpaired) electrons. The van der Waals surface area contributed by atoms with Gasteiger partial charge in [-0.25, -0.2) is 4.79 Å². The molecule has 2 unspecified atom stereocenters. The Morgan fingerprint density at radius 1 is 1.53 bits per heavy atom. The number of ether oxygens (including phenoxy) is 1. The lowest BCUT2D eigenvalue weighted by Gasteiger charge is -2.23. The van der Waals surface area contributed by atoms with E-state index in [9.17, 15) is 9.59 Å². The number of aliphatic carboxylic acids is 1. The summed E-state index contributed by atoms with van der Waals surface area (Å²) in [6, 6.07) is -0.424. The molecule has 0 aromatic heterocycles. The molecule has 1 rings (SSSR count).